The van der Waals surface area contributed by atoms with Crippen molar-refractivity contribution in [3.8, 4) is 0 Å². The van der Waals surface area contributed by atoms with E-state index in [2.05, 4.69) is 6.58 Å². The normalized spacial score (nSPS) is 9.87. The van der Waals surface area contributed by atoms with E-state index in [9.17, 15) is 9.59 Å². The molecule has 0 aliphatic rings. The smallest absolute Gasteiger partial charge is 0.334 e. The highest BCUT2D eigenvalue weighted by atomic mass is 16.4. The second-order valence-electron chi connectivity index (χ2n) is 2.58. The topological polar surface area (TPSA) is 94.8 Å². The van der Waals surface area contributed by atoms with Gasteiger partial charge in [-0.25, -0.2) is 9.59 Å². The van der Waals surface area contributed by atoms with Crippen molar-refractivity contribution in [1.29, 1.82) is 0 Å². The van der Waals surface area contributed by atoms with Crippen LogP contribution in [0.2, 0.25) is 0 Å². The molecule has 0 aliphatic carbocycles. The highest BCUT2D eigenvalue weighted by molar-refractivity contribution is 5.86. The summed E-state index contributed by atoms with van der Waals surface area (Å²) in [5.41, 5.74) is 0.296. The van der Waals surface area contributed by atoms with Crippen LogP contribution in [0.1, 0.15) is 26.7 Å². The molecule has 15 heavy (non-hydrogen) atoms. The first-order valence-electron chi connectivity index (χ1n) is 4.38. The molecule has 0 fully saturated rings. The molecule has 0 amide bonds. The van der Waals surface area contributed by atoms with Crippen LogP contribution in [0.25, 0.3) is 0 Å². The number of rotatable bonds is 4. The molecule has 0 aliphatic heterocycles. The van der Waals surface area contributed by atoms with Crippen LogP contribution in [0.5, 0.6) is 0 Å². The largest absolute Gasteiger partial charge is 0.515 e. The van der Waals surface area contributed by atoms with E-state index in [0.717, 1.165) is 0 Å². The van der Waals surface area contributed by atoms with Crippen LogP contribution in [0, 0.1) is 0 Å². The summed E-state index contributed by atoms with van der Waals surface area (Å²) in [5, 5.41) is 24.4. The Morgan fingerprint density at radius 3 is 1.60 bits per heavy atom. The van der Waals surface area contributed by atoms with Gasteiger partial charge in [-0.1, -0.05) is 20.4 Å². The quantitative estimate of drug-likeness (QED) is 0.493. The summed E-state index contributed by atoms with van der Waals surface area (Å²) in [4.78, 5) is 19.8. The summed E-state index contributed by atoms with van der Waals surface area (Å²) < 4.78 is 0. The second-order valence-corrected chi connectivity index (χ2v) is 2.58. The molecular weight excluding hydrogens is 200 g/mol. The molecule has 0 aromatic rings. The average Bonchev–Trinajstić information content (AvgIpc) is 2.18. The van der Waals surface area contributed by atoms with Crippen LogP contribution < -0.4 is 0 Å². The van der Waals surface area contributed by atoms with Crippen molar-refractivity contribution < 1.29 is 24.9 Å². The van der Waals surface area contributed by atoms with E-state index in [1.165, 1.54) is 0 Å². The number of aliphatic hydroxyl groups excluding tert-OH is 1. The van der Waals surface area contributed by atoms with Gasteiger partial charge in [0.1, 0.15) is 0 Å². The maximum atomic E-state index is 9.93. The lowest BCUT2D eigenvalue weighted by Crippen LogP contribution is -1.98. The third-order valence-corrected chi connectivity index (χ3v) is 1.54. The van der Waals surface area contributed by atoms with Crippen molar-refractivity contribution in [3.05, 3.63) is 24.0 Å². The molecule has 5 nitrogen and oxygen atoms in total. The van der Waals surface area contributed by atoms with Crippen molar-refractivity contribution >= 4 is 11.9 Å². The Morgan fingerprint density at radius 2 is 1.60 bits per heavy atom. The lowest BCUT2D eigenvalue weighted by Gasteiger charge is -1.89. The number of carbonyl (C=O) groups is 2. The lowest BCUT2D eigenvalue weighted by molar-refractivity contribution is -0.133. The number of aliphatic carboxylic acids is 2. The van der Waals surface area contributed by atoms with Gasteiger partial charge in [0.05, 0.1) is 11.8 Å². The fraction of sp³-hybridized carbons (Fsp3) is 0.400. The van der Waals surface area contributed by atoms with E-state index in [4.69, 9.17) is 15.3 Å². The van der Waals surface area contributed by atoms with Gasteiger partial charge in [0.2, 0.25) is 0 Å². The van der Waals surface area contributed by atoms with Crippen molar-refractivity contribution in [2.45, 2.75) is 26.7 Å². The summed E-state index contributed by atoms with van der Waals surface area (Å²) in [6.07, 6.45) is 1.49. The van der Waals surface area contributed by atoms with Crippen LogP contribution in [-0.4, -0.2) is 27.3 Å². The van der Waals surface area contributed by atoms with E-state index in [0.29, 0.717) is 19.1 Å². The number of hydrogen-bond acceptors (Lipinski definition) is 3. The van der Waals surface area contributed by atoms with Crippen LogP contribution in [0.15, 0.2) is 24.0 Å². The van der Waals surface area contributed by atoms with E-state index in [1.807, 2.05) is 0 Å². The summed E-state index contributed by atoms with van der Waals surface area (Å²) in [6.45, 7) is 6.70. The Kier molecular flexibility index (Phi) is 9.20. The minimum absolute atomic E-state index is 0.0324. The van der Waals surface area contributed by atoms with E-state index in [-0.39, 0.29) is 11.1 Å². The molecule has 3 N–H and O–H groups in total. The zero-order valence-corrected chi connectivity index (χ0v) is 8.86. The second kappa shape index (κ2) is 8.80. The Bertz CT molecular complexity index is 265. The van der Waals surface area contributed by atoms with Gasteiger partial charge in [-0.3, -0.25) is 0 Å². The molecule has 0 atom stereocenters. The molecule has 0 radical (unpaired) electrons. The molecule has 0 unspecified atom stereocenters. The zero-order valence-electron chi connectivity index (χ0n) is 8.86. The Morgan fingerprint density at radius 1 is 1.13 bits per heavy atom. The summed E-state index contributed by atoms with van der Waals surface area (Å²) in [7, 11) is 0. The molecule has 0 aromatic carbocycles. The maximum Gasteiger partial charge on any atom is 0.334 e. The number of aliphatic hydroxyl groups is 1. The molecule has 5 heteroatoms. The molecule has 0 aromatic heterocycles. The van der Waals surface area contributed by atoms with Gasteiger partial charge in [0, 0.05) is 5.57 Å². The van der Waals surface area contributed by atoms with Crippen LogP contribution in [0.3, 0.4) is 0 Å². The first-order valence-corrected chi connectivity index (χ1v) is 4.38. The maximum absolute atomic E-state index is 9.93. The van der Waals surface area contributed by atoms with E-state index < -0.39 is 11.9 Å². The summed E-state index contributed by atoms with van der Waals surface area (Å²) in [6, 6.07) is 0. The van der Waals surface area contributed by atoms with Crippen LogP contribution in [0.4, 0.5) is 0 Å². The van der Waals surface area contributed by atoms with Gasteiger partial charge < -0.3 is 15.3 Å². The van der Waals surface area contributed by atoms with Gasteiger partial charge in [-0.15, -0.1) is 0 Å². The van der Waals surface area contributed by atoms with Crippen molar-refractivity contribution in [1.82, 2.24) is 0 Å². The predicted molar refractivity (Wildman–Crippen MR) is 55.7 cm³/mol. The third kappa shape index (κ3) is 8.55. The molecule has 0 saturated carbocycles. The molecule has 0 rings (SSSR count). The first-order chi connectivity index (χ1) is 6.90. The summed E-state index contributed by atoms with van der Waals surface area (Å²) in [5.74, 6) is -1.96. The Hall–Kier alpha value is -1.78. The summed E-state index contributed by atoms with van der Waals surface area (Å²) >= 11 is 0. The lowest BCUT2D eigenvalue weighted by atomic mass is 10.2. The minimum atomic E-state index is -1.06. The first kappa shape index (κ1) is 15.7. The van der Waals surface area contributed by atoms with Gasteiger partial charge in [-0.05, 0) is 12.8 Å². The monoisotopic (exact) mass is 216 g/mol. The highest BCUT2D eigenvalue weighted by Crippen LogP contribution is 1.96. The number of hydrogen-bond donors (Lipinski definition) is 3. The number of carboxylic acid groups (broad SMARTS) is 2. The van der Waals surface area contributed by atoms with Crippen LogP contribution >= 0.6 is 0 Å². The van der Waals surface area contributed by atoms with E-state index in [1.54, 1.807) is 13.8 Å². The number of carboxylic acids is 2. The van der Waals surface area contributed by atoms with E-state index >= 15 is 0 Å². The molecular formula is C10H16O5. The van der Waals surface area contributed by atoms with Crippen molar-refractivity contribution in [3.63, 3.8) is 0 Å². The fourth-order valence-corrected chi connectivity index (χ4v) is 0.449. The van der Waals surface area contributed by atoms with Crippen LogP contribution in [-0.2, 0) is 9.59 Å². The van der Waals surface area contributed by atoms with Gasteiger partial charge in [0.25, 0.3) is 0 Å². The average molecular weight is 216 g/mol. The third-order valence-electron chi connectivity index (χ3n) is 1.54. The molecule has 0 heterocycles. The van der Waals surface area contributed by atoms with Crippen molar-refractivity contribution in [2.75, 3.05) is 0 Å². The molecule has 0 saturated heterocycles. The standard InChI is InChI=1S/C5H8O3.C5H8O2/c1-2-4(3-6)5(7)8;1-3-4(2)5(6)7/h3,6H,2H2,1H3,(H,7,8);2-3H2,1H3,(H,6,7). The Balaban J connectivity index is 0. The van der Waals surface area contributed by atoms with Gasteiger partial charge >= 0.3 is 11.9 Å². The fourth-order valence-electron chi connectivity index (χ4n) is 0.449. The predicted octanol–water partition coefficient (Wildman–Crippen LogP) is 1.96. The van der Waals surface area contributed by atoms with Crippen molar-refractivity contribution in [2.24, 2.45) is 0 Å². The SMILES string of the molecule is C=C(CC)C(=O)O.CCC(=CO)C(=O)O. The Labute approximate surface area is 88.4 Å². The van der Waals surface area contributed by atoms with Gasteiger partial charge in [-0.2, -0.15) is 0 Å². The minimum Gasteiger partial charge on any atom is -0.515 e. The highest BCUT2D eigenvalue weighted by Gasteiger charge is 2.01. The zero-order chi connectivity index (χ0) is 12.4. The van der Waals surface area contributed by atoms with Gasteiger partial charge in [0.15, 0.2) is 0 Å². The molecule has 0 bridgehead atoms. The molecule has 0 spiro atoms. The molecule has 86 valence electrons.